The summed E-state index contributed by atoms with van der Waals surface area (Å²) in [4.78, 5) is 12.0. The summed E-state index contributed by atoms with van der Waals surface area (Å²) in [6.07, 6.45) is 3.33. The Kier molecular flexibility index (Phi) is 2.63. The van der Waals surface area contributed by atoms with E-state index < -0.39 is 0 Å². The van der Waals surface area contributed by atoms with Crippen LogP contribution in [-0.2, 0) is 11.3 Å². The zero-order valence-corrected chi connectivity index (χ0v) is 9.90. The fourth-order valence-electron chi connectivity index (χ4n) is 2.92. The van der Waals surface area contributed by atoms with Gasteiger partial charge in [-0.15, -0.1) is 0 Å². The first-order valence-electron chi connectivity index (χ1n) is 6.18. The number of carbonyl (C=O) groups is 1. The van der Waals surface area contributed by atoms with E-state index >= 15 is 0 Å². The zero-order valence-electron chi connectivity index (χ0n) is 9.90. The third-order valence-corrected chi connectivity index (χ3v) is 3.75. The van der Waals surface area contributed by atoms with Crippen molar-refractivity contribution in [1.82, 2.24) is 15.8 Å². The molecule has 3 atom stereocenters. The lowest BCUT2D eigenvalue weighted by molar-refractivity contribution is -0.125. The van der Waals surface area contributed by atoms with Gasteiger partial charge in [0, 0.05) is 18.2 Å². The Morgan fingerprint density at radius 1 is 1.65 bits per heavy atom. The predicted molar refractivity (Wildman–Crippen MR) is 61.1 cm³/mol. The Hall–Kier alpha value is -1.36. The molecule has 5 nitrogen and oxygen atoms in total. The van der Waals surface area contributed by atoms with Crippen molar-refractivity contribution in [2.45, 2.75) is 44.8 Å². The van der Waals surface area contributed by atoms with Crippen molar-refractivity contribution in [2.75, 3.05) is 0 Å². The first-order chi connectivity index (χ1) is 8.22. The molecule has 0 radical (unpaired) electrons. The molecule has 1 aromatic heterocycles. The highest BCUT2D eigenvalue weighted by Gasteiger charge is 2.42. The number of aryl methyl sites for hydroxylation is 1. The molecule has 0 saturated carbocycles. The highest BCUT2D eigenvalue weighted by molar-refractivity contribution is 5.80. The van der Waals surface area contributed by atoms with Gasteiger partial charge in [0.2, 0.25) is 5.91 Å². The average molecular weight is 235 g/mol. The van der Waals surface area contributed by atoms with Gasteiger partial charge in [-0.3, -0.25) is 4.79 Å². The van der Waals surface area contributed by atoms with E-state index in [4.69, 9.17) is 4.52 Å². The van der Waals surface area contributed by atoms with Crippen LogP contribution in [0, 0.1) is 12.8 Å². The molecule has 2 saturated heterocycles. The smallest absolute Gasteiger partial charge is 0.225 e. The second-order valence-electron chi connectivity index (χ2n) is 5.04. The molecule has 2 aliphatic rings. The van der Waals surface area contributed by atoms with Crippen LogP contribution in [0.3, 0.4) is 0 Å². The van der Waals surface area contributed by atoms with Crippen LogP contribution in [0.5, 0.6) is 0 Å². The van der Waals surface area contributed by atoms with Gasteiger partial charge in [-0.1, -0.05) is 5.16 Å². The maximum Gasteiger partial charge on any atom is 0.225 e. The number of aromatic nitrogens is 1. The summed E-state index contributed by atoms with van der Waals surface area (Å²) in [5, 5.41) is 10.2. The van der Waals surface area contributed by atoms with Crippen molar-refractivity contribution in [1.29, 1.82) is 0 Å². The normalized spacial score (nSPS) is 30.8. The monoisotopic (exact) mass is 235 g/mol. The van der Waals surface area contributed by atoms with E-state index in [9.17, 15) is 4.79 Å². The molecule has 0 aromatic carbocycles. The lowest BCUT2D eigenvalue weighted by atomic mass is 9.88. The van der Waals surface area contributed by atoms with Crippen LogP contribution in [0.2, 0.25) is 0 Å². The third-order valence-electron chi connectivity index (χ3n) is 3.75. The number of fused-ring (bicyclic) bond motifs is 2. The van der Waals surface area contributed by atoms with Crippen LogP contribution in [0.25, 0.3) is 0 Å². The molecule has 2 aliphatic heterocycles. The highest BCUT2D eigenvalue weighted by atomic mass is 16.5. The molecule has 2 fully saturated rings. The summed E-state index contributed by atoms with van der Waals surface area (Å²) in [6, 6.07) is 2.79. The quantitative estimate of drug-likeness (QED) is 0.811. The molecule has 1 amide bonds. The molecular formula is C12H17N3O2. The van der Waals surface area contributed by atoms with Gasteiger partial charge in [0.15, 0.2) is 5.76 Å². The van der Waals surface area contributed by atoms with E-state index in [0.29, 0.717) is 24.4 Å². The molecule has 0 spiro atoms. The van der Waals surface area contributed by atoms with Crippen molar-refractivity contribution in [3.8, 4) is 0 Å². The van der Waals surface area contributed by atoms with Gasteiger partial charge >= 0.3 is 0 Å². The molecular weight excluding hydrogens is 218 g/mol. The Morgan fingerprint density at radius 2 is 2.53 bits per heavy atom. The van der Waals surface area contributed by atoms with Crippen molar-refractivity contribution >= 4 is 5.91 Å². The maximum atomic E-state index is 12.0. The van der Waals surface area contributed by atoms with Gasteiger partial charge < -0.3 is 15.2 Å². The molecule has 3 heterocycles. The Morgan fingerprint density at radius 3 is 3.12 bits per heavy atom. The van der Waals surface area contributed by atoms with Gasteiger partial charge in [-0.2, -0.15) is 0 Å². The van der Waals surface area contributed by atoms with Crippen molar-refractivity contribution < 1.29 is 9.32 Å². The standard InChI is InChI=1S/C12H17N3O2/c1-7-4-9(17-15-7)6-13-12(16)10-5-8-2-3-11(10)14-8/h4,8,10-11,14H,2-3,5-6H2,1H3,(H,13,16). The molecule has 5 heteroatoms. The number of rotatable bonds is 3. The molecule has 1 aromatic rings. The molecule has 17 heavy (non-hydrogen) atoms. The topological polar surface area (TPSA) is 67.2 Å². The Balaban J connectivity index is 1.54. The minimum atomic E-state index is 0.137. The van der Waals surface area contributed by atoms with E-state index in [2.05, 4.69) is 15.8 Å². The minimum absolute atomic E-state index is 0.137. The number of hydrogen-bond donors (Lipinski definition) is 2. The maximum absolute atomic E-state index is 12.0. The summed E-state index contributed by atoms with van der Waals surface area (Å²) in [7, 11) is 0. The second-order valence-corrected chi connectivity index (χ2v) is 5.04. The van der Waals surface area contributed by atoms with Crippen molar-refractivity contribution in [3.63, 3.8) is 0 Å². The van der Waals surface area contributed by atoms with E-state index in [1.807, 2.05) is 13.0 Å². The average Bonchev–Trinajstić information content (AvgIpc) is 3.01. The van der Waals surface area contributed by atoms with Crippen LogP contribution in [-0.4, -0.2) is 23.1 Å². The van der Waals surface area contributed by atoms with E-state index in [0.717, 1.165) is 18.5 Å². The van der Waals surface area contributed by atoms with Crippen molar-refractivity contribution in [2.24, 2.45) is 5.92 Å². The lowest BCUT2D eigenvalue weighted by Crippen LogP contribution is -2.37. The van der Waals surface area contributed by atoms with Gasteiger partial charge in [0.1, 0.15) is 0 Å². The molecule has 92 valence electrons. The van der Waals surface area contributed by atoms with Crippen LogP contribution < -0.4 is 10.6 Å². The van der Waals surface area contributed by atoms with Crippen LogP contribution >= 0.6 is 0 Å². The molecule has 2 N–H and O–H groups in total. The molecule has 0 aliphatic carbocycles. The SMILES string of the molecule is Cc1cc(CNC(=O)C2CC3CCC2N3)on1. The number of nitrogens with one attached hydrogen (secondary N) is 2. The number of carbonyl (C=O) groups excluding carboxylic acids is 1. The molecule has 2 bridgehead atoms. The van der Waals surface area contributed by atoms with Gasteiger partial charge in [-0.05, 0) is 26.2 Å². The highest BCUT2D eigenvalue weighted by Crippen LogP contribution is 2.33. The van der Waals surface area contributed by atoms with Crippen LogP contribution in [0.4, 0.5) is 0 Å². The first kappa shape index (κ1) is 10.8. The lowest BCUT2D eigenvalue weighted by Gasteiger charge is -2.18. The summed E-state index contributed by atoms with van der Waals surface area (Å²) in [6.45, 7) is 2.31. The zero-order chi connectivity index (χ0) is 11.8. The van der Waals surface area contributed by atoms with Crippen LogP contribution in [0.15, 0.2) is 10.6 Å². The summed E-state index contributed by atoms with van der Waals surface area (Å²) in [5.41, 5.74) is 0.843. The summed E-state index contributed by atoms with van der Waals surface area (Å²) in [5.74, 6) is 0.989. The summed E-state index contributed by atoms with van der Waals surface area (Å²) < 4.78 is 5.06. The van der Waals surface area contributed by atoms with E-state index in [1.165, 1.54) is 6.42 Å². The largest absolute Gasteiger partial charge is 0.359 e. The molecule has 3 rings (SSSR count). The number of amides is 1. The second kappa shape index (κ2) is 4.14. The third kappa shape index (κ3) is 2.07. The Labute approximate surface area is 99.9 Å². The minimum Gasteiger partial charge on any atom is -0.359 e. The van der Waals surface area contributed by atoms with Crippen molar-refractivity contribution in [3.05, 3.63) is 17.5 Å². The summed E-state index contributed by atoms with van der Waals surface area (Å²) >= 11 is 0. The van der Waals surface area contributed by atoms with Gasteiger partial charge in [0.05, 0.1) is 18.2 Å². The molecule has 3 unspecified atom stereocenters. The fourth-order valence-corrected chi connectivity index (χ4v) is 2.92. The van der Waals surface area contributed by atoms with E-state index in [1.54, 1.807) is 0 Å². The van der Waals surface area contributed by atoms with Gasteiger partial charge in [-0.25, -0.2) is 0 Å². The first-order valence-corrected chi connectivity index (χ1v) is 6.18. The number of nitrogens with zero attached hydrogens (tertiary/aromatic N) is 1. The predicted octanol–water partition coefficient (Wildman–Crippen LogP) is 0.740. The fraction of sp³-hybridized carbons (Fsp3) is 0.667. The van der Waals surface area contributed by atoms with E-state index in [-0.39, 0.29) is 11.8 Å². The number of hydrogen-bond acceptors (Lipinski definition) is 4. The van der Waals surface area contributed by atoms with Gasteiger partial charge in [0.25, 0.3) is 0 Å². The van der Waals surface area contributed by atoms with Crippen LogP contribution in [0.1, 0.15) is 30.7 Å². The Bertz CT molecular complexity index is 429.